The molecule has 2 nitrogen and oxygen atoms in total. The van der Waals surface area contributed by atoms with E-state index in [9.17, 15) is 26.3 Å². The van der Waals surface area contributed by atoms with Crippen LogP contribution in [0, 0.1) is 0 Å². The van der Waals surface area contributed by atoms with E-state index in [0.717, 1.165) is 0 Å². The Labute approximate surface area is 75.8 Å². The Bertz CT molecular complexity index is 133. The molecule has 0 bridgehead atoms. The zero-order valence-corrected chi connectivity index (χ0v) is 6.91. The van der Waals surface area contributed by atoms with E-state index in [4.69, 9.17) is 0 Å². The van der Waals surface area contributed by atoms with Gasteiger partial charge in [0.1, 0.15) is 13.2 Å². The normalized spacial score (nSPS) is 13.3. The maximum absolute atomic E-state index is 11.4. The van der Waals surface area contributed by atoms with Crippen molar-refractivity contribution >= 4 is 0 Å². The highest BCUT2D eigenvalue weighted by Gasteiger charge is 2.28. The fourth-order valence-corrected chi connectivity index (χ4v) is 0.494. The van der Waals surface area contributed by atoms with Gasteiger partial charge in [0.05, 0.1) is 13.2 Å². The van der Waals surface area contributed by atoms with Gasteiger partial charge in [-0.1, -0.05) is 0 Å². The molecule has 0 aliphatic rings. The minimum Gasteiger partial charge on any atom is -0.370 e. The summed E-state index contributed by atoms with van der Waals surface area (Å²) in [6, 6.07) is 0. The van der Waals surface area contributed by atoms with E-state index in [1.807, 2.05) is 0 Å². The summed E-state index contributed by atoms with van der Waals surface area (Å²) in [6.07, 6.45) is -8.94. The van der Waals surface area contributed by atoms with Crippen LogP contribution in [0.1, 0.15) is 0 Å². The van der Waals surface area contributed by atoms with Gasteiger partial charge in [-0.3, -0.25) is 0 Å². The first kappa shape index (κ1) is 13.5. The topological polar surface area (TPSA) is 18.5 Å². The monoisotopic (exact) mass is 226 g/mol. The minimum atomic E-state index is -4.47. The Kier molecular flexibility index (Phi) is 5.21. The molecule has 0 spiro atoms. The van der Waals surface area contributed by atoms with Gasteiger partial charge < -0.3 is 9.47 Å². The molecule has 14 heavy (non-hydrogen) atoms. The summed E-state index contributed by atoms with van der Waals surface area (Å²) in [4.78, 5) is 0. The summed E-state index contributed by atoms with van der Waals surface area (Å²) >= 11 is 0. The van der Waals surface area contributed by atoms with E-state index in [1.54, 1.807) is 0 Å². The van der Waals surface area contributed by atoms with Crippen molar-refractivity contribution in [1.29, 1.82) is 0 Å². The maximum atomic E-state index is 11.4. The second kappa shape index (κ2) is 5.40. The number of rotatable bonds is 5. The van der Waals surface area contributed by atoms with Crippen LogP contribution in [0.2, 0.25) is 0 Å². The van der Waals surface area contributed by atoms with Crippen molar-refractivity contribution in [3.05, 3.63) is 0 Å². The molecule has 0 heterocycles. The van der Waals surface area contributed by atoms with Crippen LogP contribution in [0.5, 0.6) is 0 Å². The average molecular weight is 226 g/mol. The van der Waals surface area contributed by atoms with Gasteiger partial charge >= 0.3 is 12.4 Å². The van der Waals surface area contributed by atoms with Crippen LogP contribution in [-0.2, 0) is 9.47 Å². The number of halogens is 6. The van der Waals surface area contributed by atoms with Crippen molar-refractivity contribution in [3.63, 3.8) is 0 Å². The molecule has 0 saturated heterocycles. The Balaban J connectivity index is 3.23. The maximum Gasteiger partial charge on any atom is 0.411 e. The molecule has 0 aromatic heterocycles. The van der Waals surface area contributed by atoms with E-state index in [1.165, 1.54) is 0 Å². The molecule has 0 N–H and O–H groups in total. The predicted octanol–water partition coefficient (Wildman–Crippen LogP) is 2.14. The molecule has 0 radical (unpaired) electrons. The van der Waals surface area contributed by atoms with E-state index in [2.05, 4.69) is 9.47 Å². The Hall–Kier alpha value is -0.500. The lowest BCUT2D eigenvalue weighted by molar-refractivity contribution is -0.190. The van der Waals surface area contributed by atoms with E-state index in [0.29, 0.717) is 0 Å². The number of alkyl halides is 6. The Morgan fingerprint density at radius 3 is 1.14 bits per heavy atom. The number of hydrogen-bond acceptors (Lipinski definition) is 2. The molecule has 0 aliphatic carbocycles. The summed E-state index contributed by atoms with van der Waals surface area (Å²) in [7, 11) is 0. The third-order valence-corrected chi connectivity index (χ3v) is 0.903. The van der Waals surface area contributed by atoms with Crippen LogP contribution >= 0.6 is 0 Å². The molecule has 0 aromatic rings. The van der Waals surface area contributed by atoms with Crippen LogP contribution in [0.3, 0.4) is 0 Å². The molecule has 0 atom stereocenters. The van der Waals surface area contributed by atoms with Crippen molar-refractivity contribution < 1.29 is 35.8 Å². The minimum absolute atomic E-state index is 0.518. The van der Waals surface area contributed by atoms with Gasteiger partial charge in [-0.2, -0.15) is 26.3 Å². The molecule has 0 fully saturated rings. The summed E-state index contributed by atoms with van der Waals surface area (Å²) in [5.41, 5.74) is 0. The van der Waals surface area contributed by atoms with Gasteiger partial charge in [-0.25, -0.2) is 0 Å². The number of hydrogen-bond donors (Lipinski definition) is 0. The van der Waals surface area contributed by atoms with E-state index in [-0.39, 0.29) is 0 Å². The van der Waals surface area contributed by atoms with Gasteiger partial charge in [-0.15, -0.1) is 0 Å². The molecular formula is C6H8F6O2. The van der Waals surface area contributed by atoms with Crippen molar-refractivity contribution in [1.82, 2.24) is 0 Å². The molecule has 86 valence electrons. The highest BCUT2D eigenvalue weighted by atomic mass is 19.4. The van der Waals surface area contributed by atoms with Crippen LogP contribution in [0.15, 0.2) is 0 Å². The summed E-state index contributed by atoms with van der Waals surface area (Å²) in [5.74, 6) is 0. The molecule has 0 unspecified atom stereocenters. The van der Waals surface area contributed by atoms with Crippen LogP contribution in [0.25, 0.3) is 0 Å². The molecular weight excluding hydrogens is 218 g/mol. The van der Waals surface area contributed by atoms with Crippen LogP contribution in [0.4, 0.5) is 26.3 Å². The first-order chi connectivity index (χ1) is 6.21. The lowest BCUT2D eigenvalue weighted by Gasteiger charge is -2.09. The van der Waals surface area contributed by atoms with Crippen molar-refractivity contribution in [2.24, 2.45) is 0 Å². The van der Waals surface area contributed by atoms with Gasteiger partial charge in [0.2, 0.25) is 0 Å². The molecule has 0 aliphatic heterocycles. The van der Waals surface area contributed by atoms with Crippen LogP contribution in [-0.4, -0.2) is 38.8 Å². The highest BCUT2D eigenvalue weighted by molar-refractivity contribution is 4.47. The fraction of sp³-hybridized carbons (Fsp3) is 1.00. The van der Waals surface area contributed by atoms with Gasteiger partial charge in [0.15, 0.2) is 0 Å². The summed E-state index contributed by atoms with van der Waals surface area (Å²) in [5, 5.41) is 0. The molecule has 0 saturated carbocycles. The van der Waals surface area contributed by atoms with Gasteiger partial charge in [0, 0.05) is 0 Å². The van der Waals surface area contributed by atoms with E-state index >= 15 is 0 Å². The molecule has 8 heteroatoms. The molecule has 0 amide bonds. The third-order valence-electron chi connectivity index (χ3n) is 0.903. The van der Waals surface area contributed by atoms with Crippen molar-refractivity contribution in [2.75, 3.05) is 26.4 Å². The van der Waals surface area contributed by atoms with Gasteiger partial charge in [-0.05, 0) is 0 Å². The second-order valence-electron chi connectivity index (χ2n) is 2.34. The lowest BCUT2D eigenvalue weighted by atomic mass is 10.6. The smallest absolute Gasteiger partial charge is 0.370 e. The molecule has 0 aromatic carbocycles. The SMILES string of the molecule is FC(F)(F)COCCOCC(F)(F)F. The standard InChI is InChI=1S/C6H8F6O2/c7-5(8,9)3-13-1-2-14-4-6(10,11)12/h1-4H2. The average Bonchev–Trinajstić information content (AvgIpc) is 1.92. The lowest BCUT2D eigenvalue weighted by Crippen LogP contribution is -2.21. The second-order valence-corrected chi connectivity index (χ2v) is 2.34. The summed E-state index contributed by atoms with van der Waals surface area (Å²) in [6.45, 7) is -4.00. The third kappa shape index (κ3) is 11.5. The quantitative estimate of drug-likeness (QED) is 0.528. The zero-order valence-electron chi connectivity index (χ0n) is 6.91. The van der Waals surface area contributed by atoms with Crippen LogP contribution < -0.4 is 0 Å². The predicted molar refractivity (Wildman–Crippen MR) is 33.7 cm³/mol. The van der Waals surface area contributed by atoms with E-state index < -0.39 is 38.8 Å². The number of ether oxygens (including phenoxy) is 2. The highest BCUT2D eigenvalue weighted by Crippen LogP contribution is 2.15. The fourth-order valence-electron chi connectivity index (χ4n) is 0.494. The molecule has 0 rings (SSSR count). The first-order valence-electron chi connectivity index (χ1n) is 3.50. The Morgan fingerprint density at radius 1 is 0.643 bits per heavy atom. The first-order valence-corrected chi connectivity index (χ1v) is 3.50. The van der Waals surface area contributed by atoms with Gasteiger partial charge in [0.25, 0.3) is 0 Å². The Morgan fingerprint density at radius 2 is 0.929 bits per heavy atom. The van der Waals surface area contributed by atoms with Crippen molar-refractivity contribution in [3.8, 4) is 0 Å². The van der Waals surface area contributed by atoms with Crippen molar-refractivity contribution in [2.45, 2.75) is 12.4 Å². The summed E-state index contributed by atoms with van der Waals surface area (Å²) < 4.78 is 76.4. The zero-order chi connectivity index (χ0) is 11.2. The largest absolute Gasteiger partial charge is 0.411 e.